The van der Waals surface area contributed by atoms with E-state index >= 15 is 0 Å². The number of amides is 1. The summed E-state index contributed by atoms with van der Waals surface area (Å²) in [6.07, 6.45) is -0.0354. The zero-order valence-electron chi connectivity index (χ0n) is 10.9. The van der Waals surface area contributed by atoms with Crippen molar-refractivity contribution in [2.75, 3.05) is 13.1 Å². The van der Waals surface area contributed by atoms with Crippen LogP contribution in [0.5, 0.6) is 0 Å². The molecule has 0 saturated carbocycles. The molecule has 1 saturated heterocycles. The van der Waals surface area contributed by atoms with E-state index < -0.39 is 16.3 Å². The summed E-state index contributed by atoms with van der Waals surface area (Å²) in [5, 5.41) is 7.65. The maximum atomic E-state index is 11.6. The van der Waals surface area contributed by atoms with Crippen LogP contribution >= 0.6 is 0 Å². The Morgan fingerprint density at radius 2 is 2.10 bits per heavy atom. The summed E-state index contributed by atoms with van der Waals surface area (Å²) in [5.41, 5.74) is 0.889. The minimum absolute atomic E-state index is 0.179. The number of rotatable bonds is 4. The average molecular weight is 299 g/mol. The Bertz CT molecular complexity index is 561. The zero-order valence-corrected chi connectivity index (χ0v) is 11.7. The van der Waals surface area contributed by atoms with Crippen molar-refractivity contribution in [1.29, 1.82) is 0 Å². The van der Waals surface area contributed by atoms with Crippen LogP contribution in [0.4, 0.5) is 4.79 Å². The first-order valence-electron chi connectivity index (χ1n) is 6.20. The monoisotopic (exact) mass is 299 g/mol. The predicted molar refractivity (Wildman–Crippen MR) is 72.8 cm³/mol. The number of carbonyl (C=O) groups is 1. The van der Waals surface area contributed by atoms with E-state index in [1.165, 1.54) is 0 Å². The first kappa shape index (κ1) is 14.8. The van der Waals surface area contributed by atoms with Gasteiger partial charge in [0, 0.05) is 19.1 Å². The van der Waals surface area contributed by atoms with Crippen molar-refractivity contribution in [3.05, 3.63) is 35.9 Å². The van der Waals surface area contributed by atoms with Crippen LogP contribution in [0.15, 0.2) is 30.3 Å². The molecule has 3 N–H and O–H groups in total. The van der Waals surface area contributed by atoms with Crippen LogP contribution < -0.4 is 10.5 Å². The van der Waals surface area contributed by atoms with E-state index in [4.69, 9.17) is 9.88 Å². The van der Waals surface area contributed by atoms with Gasteiger partial charge >= 0.3 is 6.09 Å². The molecule has 0 unspecified atom stereocenters. The highest BCUT2D eigenvalue weighted by Gasteiger charge is 2.30. The molecule has 1 aromatic rings. The SMILES string of the molecule is NS(=O)(=O)N1CC[C@@H](NC(=O)OCc2ccccc2)C1. The van der Waals surface area contributed by atoms with E-state index in [9.17, 15) is 13.2 Å². The van der Waals surface area contributed by atoms with E-state index in [-0.39, 0.29) is 19.2 Å². The number of hydrogen-bond donors (Lipinski definition) is 2. The van der Waals surface area contributed by atoms with Crippen LogP contribution in [0.1, 0.15) is 12.0 Å². The second kappa shape index (κ2) is 6.21. The maximum Gasteiger partial charge on any atom is 0.407 e. The van der Waals surface area contributed by atoms with Gasteiger partial charge in [-0.3, -0.25) is 0 Å². The molecule has 0 radical (unpaired) electrons. The fourth-order valence-corrected chi connectivity index (χ4v) is 2.76. The second-order valence-corrected chi connectivity index (χ2v) is 6.14. The molecule has 0 aromatic heterocycles. The summed E-state index contributed by atoms with van der Waals surface area (Å²) in [4.78, 5) is 11.6. The van der Waals surface area contributed by atoms with Gasteiger partial charge in [-0.25, -0.2) is 9.93 Å². The molecule has 1 heterocycles. The van der Waals surface area contributed by atoms with Crippen molar-refractivity contribution in [3.63, 3.8) is 0 Å². The van der Waals surface area contributed by atoms with Gasteiger partial charge in [0.1, 0.15) is 6.61 Å². The normalized spacial score (nSPS) is 19.8. The summed E-state index contributed by atoms with van der Waals surface area (Å²) in [7, 11) is -3.69. The molecule has 0 bridgehead atoms. The van der Waals surface area contributed by atoms with Gasteiger partial charge < -0.3 is 10.1 Å². The summed E-state index contributed by atoms with van der Waals surface area (Å²) >= 11 is 0. The quantitative estimate of drug-likeness (QED) is 0.828. The highest BCUT2D eigenvalue weighted by atomic mass is 32.2. The molecule has 1 amide bonds. The zero-order chi connectivity index (χ0) is 14.6. The molecule has 1 fully saturated rings. The Balaban J connectivity index is 1.76. The smallest absolute Gasteiger partial charge is 0.407 e. The van der Waals surface area contributed by atoms with E-state index in [0.29, 0.717) is 13.0 Å². The highest BCUT2D eigenvalue weighted by molar-refractivity contribution is 7.86. The minimum Gasteiger partial charge on any atom is -0.445 e. The average Bonchev–Trinajstić information content (AvgIpc) is 2.86. The molecule has 0 spiro atoms. The Kier molecular flexibility index (Phi) is 4.58. The Morgan fingerprint density at radius 1 is 1.40 bits per heavy atom. The number of hydrogen-bond acceptors (Lipinski definition) is 4. The van der Waals surface area contributed by atoms with Crippen molar-refractivity contribution < 1.29 is 17.9 Å². The van der Waals surface area contributed by atoms with Crippen molar-refractivity contribution in [1.82, 2.24) is 9.62 Å². The lowest BCUT2D eigenvalue weighted by molar-refractivity contribution is 0.136. The van der Waals surface area contributed by atoms with Crippen LogP contribution in [-0.4, -0.2) is 37.9 Å². The van der Waals surface area contributed by atoms with Gasteiger partial charge in [-0.05, 0) is 12.0 Å². The van der Waals surface area contributed by atoms with Gasteiger partial charge in [0.25, 0.3) is 10.2 Å². The molecule has 8 heteroatoms. The topological polar surface area (TPSA) is 102 Å². The Morgan fingerprint density at radius 3 is 2.70 bits per heavy atom. The number of ether oxygens (including phenoxy) is 1. The molecule has 1 aliphatic heterocycles. The van der Waals surface area contributed by atoms with Crippen molar-refractivity contribution >= 4 is 16.3 Å². The summed E-state index contributed by atoms with van der Waals surface area (Å²) < 4.78 is 28.5. The van der Waals surface area contributed by atoms with Crippen molar-refractivity contribution in [2.45, 2.75) is 19.1 Å². The van der Waals surface area contributed by atoms with Crippen molar-refractivity contribution in [3.8, 4) is 0 Å². The lowest BCUT2D eigenvalue weighted by Crippen LogP contribution is -2.40. The van der Waals surface area contributed by atoms with Crippen LogP contribution in [0.25, 0.3) is 0 Å². The number of alkyl carbamates (subject to hydrolysis) is 1. The van der Waals surface area contributed by atoms with Crippen LogP contribution in [0.3, 0.4) is 0 Å². The van der Waals surface area contributed by atoms with E-state index in [1.54, 1.807) is 0 Å². The summed E-state index contributed by atoms with van der Waals surface area (Å²) in [6, 6.07) is 9.03. The van der Waals surface area contributed by atoms with Gasteiger partial charge in [-0.1, -0.05) is 30.3 Å². The predicted octanol–water partition coefficient (Wildman–Crippen LogP) is 0.191. The third kappa shape index (κ3) is 4.19. The van der Waals surface area contributed by atoms with Gasteiger partial charge in [0.05, 0.1) is 0 Å². The maximum absolute atomic E-state index is 11.6. The number of benzene rings is 1. The number of nitrogens with two attached hydrogens (primary N) is 1. The summed E-state index contributed by atoms with van der Waals surface area (Å²) in [5.74, 6) is 0. The lowest BCUT2D eigenvalue weighted by Gasteiger charge is -2.14. The number of nitrogens with one attached hydrogen (secondary N) is 1. The number of carbonyl (C=O) groups excluding carboxylic acids is 1. The molecule has 7 nitrogen and oxygen atoms in total. The van der Waals surface area contributed by atoms with Crippen LogP contribution in [-0.2, 0) is 21.6 Å². The van der Waals surface area contributed by atoms with E-state index in [1.807, 2.05) is 30.3 Å². The molecule has 0 aliphatic carbocycles. The highest BCUT2D eigenvalue weighted by Crippen LogP contribution is 2.11. The van der Waals surface area contributed by atoms with Crippen LogP contribution in [0, 0.1) is 0 Å². The fourth-order valence-electron chi connectivity index (χ4n) is 2.01. The lowest BCUT2D eigenvalue weighted by atomic mass is 10.2. The standard InChI is InChI=1S/C12H17N3O4S/c13-20(17,18)15-7-6-11(8-15)14-12(16)19-9-10-4-2-1-3-5-10/h1-5,11H,6-9H2,(H,14,16)(H2,13,17,18)/t11-/m1/s1. The third-order valence-electron chi connectivity index (χ3n) is 3.05. The minimum atomic E-state index is -3.69. The summed E-state index contributed by atoms with van der Waals surface area (Å²) in [6.45, 7) is 0.667. The van der Waals surface area contributed by atoms with Gasteiger partial charge in [-0.15, -0.1) is 0 Å². The molecule has 1 aliphatic rings. The van der Waals surface area contributed by atoms with E-state index in [0.717, 1.165) is 9.87 Å². The second-order valence-electron chi connectivity index (χ2n) is 4.59. The molecular formula is C12H17N3O4S. The largest absolute Gasteiger partial charge is 0.445 e. The molecular weight excluding hydrogens is 282 g/mol. The first-order valence-corrected chi connectivity index (χ1v) is 7.70. The van der Waals surface area contributed by atoms with Crippen molar-refractivity contribution in [2.24, 2.45) is 5.14 Å². The molecule has 2 rings (SSSR count). The van der Waals surface area contributed by atoms with Gasteiger partial charge in [0.15, 0.2) is 0 Å². The Hall–Kier alpha value is -1.64. The Labute approximate surface area is 117 Å². The molecule has 1 aromatic carbocycles. The first-order chi connectivity index (χ1) is 9.45. The molecule has 110 valence electrons. The fraction of sp³-hybridized carbons (Fsp3) is 0.417. The van der Waals surface area contributed by atoms with Gasteiger partial charge in [-0.2, -0.15) is 12.7 Å². The molecule has 20 heavy (non-hydrogen) atoms. The van der Waals surface area contributed by atoms with E-state index in [2.05, 4.69) is 5.32 Å². The van der Waals surface area contributed by atoms with Crippen LogP contribution in [0.2, 0.25) is 0 Å². The third-order valence-corrected chi connectivity index (χ3v) is 4.10. The molecule has 1 atom stereocenters. The van der Waals surface area contributed by atoms with Gasteiger partial charge in [0.2, 0.25) is 0 Å². The number of nitrogens with zero attached hydrogens (tertiary/aromatic N) is 1.